The fourth-order valence-corrected chi connectivity index (χ4v) is 0.849. The van der Waals surface area contributed by atoms with Gasteiger partial charge in [0.15, 0.2) is 0 Å². The number of aliphatic hydroxyl groups is 1. The highest BCUT2D eigenvalue weighted by atomic mass is 16.3. The lowest BCUT2D eigenvalue weighted by molar-refractivity contribution is -0.104. The van der Waals surface area contributed by atoms with Gasteiger partial charge < -0.3 is 5.11 Å². The number of rotatable bonds is 6. The van der Waals surface area contributed by atoms with E-state index in [-0.39, 0.29) is 6.10 Å². The van der Waals surface area contributed by atoms with Gasteiger partial charge in [0.2, 0.25) is 0 Å². The maximum absolute atomic E-state index is 9.83. The van der Waals surface area contributed by atoms with Crippen molar-refractivity contribution in [1.29, 1.82) is 0 Å². The summed E-state index contributed by atoms with van der Waals surface area (Å²) in [7, 11) is 0. The molecule has 0 rings (SSSR count). The van der Waals surface area contributed by atoms with E-state index in [0.717, 1.165) is 25.5 Å². The second kappa shape index (κ2) is 7.48. The second-order valence-corrected chi connectivity index (χ2v) is 2.60. The Morgan fingerprint density at radius 3 is 2.82 bits per heavy atom. The van der Waals surface area contributed by atoms with Gasteiger partial charge in [-0.15, -0.1) is 0 Å². The zero-order chi connectivity index (χ0) is 8.53. The molecule has 0 radical (unpaired) electrons. The molecule has 0 aliphatic heterocycles. The lowest BCUT2D eigenvalue weighted by Crippen LogP contribution is -2.03. The van der Waals surface area contributed by atoms with E-state index in [1.807, 2.05) is 0 Å². The minimum atomic E-state index is -0.272. The van der Waals surface area contributed by atoms with Crippen LogP contribution in [-0.2, 0) is 4.79 Å². The predicted octanol–water partition coefficient (Wildman–Crippen LogP) is 1.68. The highest BCUT2D eigenvalue weighted by Gasteiger charge is 1.98. The van der Waals surface area contributed by atoms with E-state index in [9.17, 15) is 9.90 Å². The third kappa shape index (κ3) is 7.26. The molecule has 11 heavy (non-hydrogen) atoms. The molecule has 64 valence electrons. The fourth-order valence-electron chi connectivity index (χ4n) is 0.849. The minimum Gasteiger partial charge on any atom is -0.393 e. The molecule has 0 aromatic rings. The molecular formula is C9H16O2. The van der Waals surface area contributed by atoms with E-state index < -0.39 is 0 Å². The summed E-state index contributed by atoms with van der Waals surface area (Å²) in [6.45, 7) is 2.09. The van der Waals surface area contributed by atoms with E-state index in [4.69, 9.17) is 0 Å². The Balaban J connectivity index is 3.28. The number of unbranched alkanes of at least 4 members (excludes halogenated alkanes) is 1. The van der Waals surface area contributed by atoms with Crippen LogP contribution in [0.3, 0.4) is 0 Å². The van der Waals surface area contributed by atoms with Gasteiger partial charge in [-0.25, -0.2) is 0 Å². The molecular weight excluding hydrogens is 140 g/mol. The number of hydrogen-bond donors (Lipinski definition) is 1. The smallest absolute Gasteiger partial charge is 0.142 e. The van der Waals surface area contributed by atoms with Crippen LogP contribution in [0.5, 0.6) is 0 Å². The van der Waals surface area contributed by atoms with Gasteiger partial charge in [0.05, 0.1) is 6.10 Å². The molecule has 2 heteroatoms. The van der Waals surface area contributed by atoms with Crippen molar-refractivity contribution in [2.45, 2.75) is 38.7 Å². The third-order valence-corrected chi connectivity index (χ3v) is 1.51. The molecule has 1 N–H and O–H groups in total. The summed E-state index contributed by atoms with van der Waals surface area (Å²) in [6, 6.07) is 0. The van der Waals surface area contributed by atoms with Gasteiger partial charge in [-0.2, -0.15) is 0 Å². The Morgan fingerprint density at radius 2 is 2.27 bits per heavy atom. The molecule has 0 saturated heterocycles. The first kappa shape index (κ1) is 10.4. The largest absolute Gasteiger partial charge is 0.393 e. The van der Waals surface area contributed by atoms with Gasteiger partial charge in [-0.05, 0) is 18.9 Å². The Labute approximate surface area is 67.9 Å². The second-order valence-electron chi connectivity index (χ2n) is 2.60. The molecule has 0 saturated carbocycles. The first-order valence-electron chi connectivity index (χ1n) is 4.09. The van der Waals surface area contributed by atoms with Crippen LogP contribution in [0, 0.1) is 0 Å². The van der Waals surface area contributed by atoms with Crippen molar-refractivity contribution < 1.29 is 9.90 Å². The molecule has 0 aromatic heterocycles. The molecule has 0 aliphatic carbocycles. The number of aliphatic hydroxyl groups excluding tert-OH is 1. The van der Waals surface area contributed by atoms with Crippen molar-refractivity contribution in [3.8, 4) is 0 Å². The summed E-state index contributed by atoms with van der Waals surface area (Å²) in [4.78, 5) is 9.83. The van der Waals surface area contributed by atoms with Crippen molar-refractivity contribution in [3.63, 3.8) is 0 Å². The normalized spacial score (nSPS) is 13.6. The first-order chi connectivity index (χ1) is 5.31. The molecule has 1 unspecified atom stereocenters. The minimum absolute atomic E-state index is 0.272. The van der Waals surface area contributed by atoms with Gasteiger partial charge >= 0.3 is 0 Å². The Bertz CT molecular complexity index is 119. The quantitative estimate of drug-likeness (QED) is 0.469. The molecule has 0 fully saturated rings. The maximum Gasteiger partial charge on any atom is 0.142 e. The summed E-state index contributed by atoms with van der Waals surface area (Å²) < 4.78 is 0. The van der Waals surface area contributed by atoms with Crippen molar-refractivity contribution >= 4 is 6.29 Å². The van der Waals surface area contributed by atoms with Crippen molar-refractivity contribution in [2.75, 3.05) is 0 Å². The van der Waals surface area contributed by atoms with E-state index in [1.165, 1.54) is 6.08 Å². The SMILES string of the molecule is CCCCC(O)C/C=C/C=O. The molecule has 0 spiro atoms. The number of carbonyl (C=O) groups excluding carboxylic acids is 1. The first-order valence-corrected chi connectivity index (χ1v) is 4.09. The van der Waals surface area contributed by atoms with Gasteiger partial charge in [-0.3, -0.25) is 4.79 Å². The van der Waals surface area contributed by atoms with Crippen molar-refractivity contribution in [2.24, 2.45) is 0 Å². The Morgan fingerprint density at radius 1 is 1.55 bits per heavy atom. The number of carbonyl (C=O) groups is 1. The molecule has 0 aromatic carbocycles. The van der Waals surface area contributed by atoms with Gasteiger partial charge in [0.1, 0.15) is 6.29 Å². The van der Waals surface area contributed by atoms with Crippen LogP contribution in [-0.4, -0.2) is 17.5 Å². The highest BCUT2D eigenvalue weighted by Crippen LogP contribution is 2.03. The van der Waals surface area contributed by atoms with Crippen LogP contribution in [0.2, 0.25) is 0 Å². The standard InChI is InChI=1S/C9H16O2/c1-2-3-6-9(11)7-4-5-8-10/h4-5,8-9,11H,2-3,6-7H2,1H3/b5-4+. The summed E-state index contributed by atoms with van der Waals surface area (Å²) in [5.74, 6) is 0. The lowest BCUT2D eigenvalue weighted by atomic mass is 10.1. The predicted molar refractivity (Wildman–Crippen MR) is 45.4 cm³/mol. The summed E-state index contributed by atoms with van der Waals surface area (Å²) in [6.07, 6.45) is 7.17. The molecule has 0 amide bonds. The average molecular weight is 156 g/mol. The third-order valence-electron chi connectivity index (χ3n) is 1.51. The van der Waals surface area contributed by atoms with E-state index in [0.29, 0.717) is 6.42 Å². The molecule has 0 heterocycles. The van der Waals surface area contributed by atoms with Gasteiger partial charge in [0.25, 0.3) is 0 Å². The van der Waals surface area contributed by atoms with Crippen LogP contribution >= 0.6 is 0 Å². The van der Waals surface area contributed by atoms with E-state index >= 15 is 0 Å². The maximum atomic E-state index is 9.83. The van der Waals surface area contributed by atoms with Crippen molar-refractivity contribution in [3.05, 3.63) is 12.2 Å². The summed E-state index contributed by atoms with van der Waals surface area (Å²) in [5, 5.41) is 9.24. The zero-order valence-corrected chi connectivity index (χ0v) is 6.99. The highest BCUT2D eigenvalue weighted by molar-refractivity contribution is 5.64. The zero-order valence-electron chi connectivity index (χ0n) is 6.99. The average Bonchev–Trinajstić information content (AvgIpc) is 2.01. The molecule has 2 nitrogen and oxygen atoms in total. The fraction of sp³-hybridized carbons (Fsp3) is 0.667. The van der Waals surface area contributed by atoms with E-state index in [1.54, 1.807) is 6.08 Å². The Hall–Kier alpha value is -0.630. The number of aldehydes is 1. The Kier molecular flexibility index (Phi) is 7.05. The lowest BCUT2D eigenvalue weighted by Gasteiger charge is -2.04. The van der Waals surface area contributed by atoms with Crippen LogP contribution in [0.4, 0.5) is 0 Å². The van der Waals surface area contributed by atoms with Crippen molar-refractivity contribution in [1.82, 2.24) is 0 Å². The topological polar surface area (TPSA) is 37.3 Å². The number of allylic oxidation sites excluding steroid dienone is 1. The molecule has 1 atom stereocenters. The number of hydrogen-bond acceptors (Lipinski definition) is 2. The van der Waals surface area contributed by atoms with Crippen LogP contribution < -0.4 is 0 Å². The van der Waals surface area contributed by atoms with Crippen LogP contribution in [0.15, 0.2) is 12.2 Å². The van der Waals surface area contributed by atoms with Gasteiger partial charge in [0, 0.05) is 0 Å². The van der Waals surface area contributed by atoms with Gasteiger partial charge in [-0.1, -0.05) is 25.8 Å². The molecule has 0 bridgehead atoms. The summed E-state index contributed by atoms with van der Waals surface area (Å²) >= 11 is 0. The molecule has 0 aliphatic rings. The van der Waals surface area contributed by atoms with E-state index in [2.05, 4.69) is 6.92 Å². The monoisotopic (exact) mass is 156 g/mol. The van der Waals surface area contributed by atoms with Crippen LogP contribution in [0.25, 0.3) is 0 Å². The summed E-state index contributed by atoms with van der Waals surface area (Å²) in [5.41, 5.74) is 0. The van der Waals surface area contributed by atoms with Crippen LogP contribution in [0.1, 0.15) is 32.6 Å².